The van der Waals surface area contributed by atoms with Gasteiger partial charge in [0.15, 0.2) is 5.12 Å². The molecule has 17 heavy (non-hydrogen) atoms. The minimum Gasteiger partial charge on any atom is -0.300 e. The molecule has 0 saturated heterocycles. The van der Waals surface area contributed by atoms with E-state index in [1.807, 2.05) is 41.1 Å². The number of aromatic nitrogens is 2. The molecule has 2 aromatic rings. The quantitative estimate of drug-likeness (QED) is 0.778. The third-order valence-electron chi connectivity index (χ3n) is 2.32. The second kappa shape index (κ2) is 5.68. The molecule has 0 spiro atoms. The Kier molecular flexibility index (Phi) is 3.98. The van der Waals surface area contributed by atoms with Crippen molar-refractivity contribution in [3.05, 3.63) is 42.4 Å². The number of thioether (sulfide) groups is 1. The van der Waals surface area contributed by atoms with Gasteiger partial charge in [0, 0.05) is 18.9 Å². The van der Waals surface area contributed by atoms with Crippen LogP contribution in [0.3, 0.4) is 0 Å². The van der Waals surface area contributed by atoms with E-state index in [9.17, 15) is 4.79 Å². The van der Waals surface area contributed by atoms with Crippen molar-refractivity contribution in [2.45, 2.75) is 13.3 Å². The van der Waals surface area contributed by atoms with Crippen molar-refractivity contribution in [3.8, 4) is 0 Å². The number of hydrogen-bond donors (Lipinski definition) is 0. The predicted octanol–water partition coefficient (Wildman–Crippen LogP) is 3.02. The summed E-state index contributed by atoms with van der Waals surface area (Å²) in [7, 11) is 0. The Hall–Kier alpha value is -1.55. The van der Waals surface area contributed by atoms with E-state index in [1.54, 1.807) is 6.92 Å². The van der Waals surface area contributed by atoms with E-state index in [2.05, 4.69) is 11.1 Å². The fourth-order valence-corrected chi connectivity index (χ4v) is 2.09. The maximum Gasteiger partial charge on any atom is 0.185 e. The molecule has 0 aliphatic rings. The minimum atomic E-state index is 0.174. The van der Waals surface area contributed by atoms with Gasteiger partial charge in [0.2, 0.25) is 0 Å². The second-order valence-electron chi connectivity index (χ2n) is 3.64. The molecule has 0 unspecified atom stereocenters. The van der Waals surface area contributed by atoms with E-state index in [0.717, 1.165) is 23.5 Å². The van der Waals surface area contributed by atoms with Crippen LogP contribution in [0.2, 0.25) is 0 Å². The average Bonchev–Trinajstić information content (AvgIpc) is 2.72. The number of imidazole rings is 1. The molecule has 0 aliphatic carbocycles. The van der Waals surface area contributed by atoms with Crippen LogP contribution in [-0.2, 0) is 4.79 Å². The average molecular weight is 246 g/mol. The molecule has 0 radical (unpaired) electrons. The SMILES string of the molecule is CC(=O)SCCC=Cc1cnc2ccccn12. The van der Waals surface area contributed by atoms with Gasteiger partial charge in [-0.3, -0.25) is 4.79 Å². The molecule has 0 aliphatic heterocycles. The number of nitrogens with zero attached hydrogens (tertiary/aromatic N) is 2. The van der Waals surface area contributed by atoms with Crippen molar-refractivity contribution in [1.82, 2.24) is 9.38 Å². The zero-order chi connectivity index (χ0) is 12.1. The van der Waals surface area contributed by atoms with Gasteiger partial charge in [0.1, 0.15) is 5.65 Å². The maximum atomic E-state index is 10.7. The van der Waals surface area contributed by atoms with E-state index in [1.165, 1.54) is 11.8 Å². The summed E-state index contributed by atoms with van der Waals surface area (Å²) in [4.78, 5) is 15.0. The lowest BCUT2D eigenvalue weighted by Gasteiger charge is -1.95. The highest BCUT2D eigenvalue weighted by molar-refractivity contribution is 8.13. The van der Waals surface area contributed by atoms with Crippen LogP contribution >= 0.6 is 11.8 Å². The van der Waals surface area contributed by atoms with Gasteiger partial charge in [-0.25, -0.2) is 4.98 Å². The standard InChI is InChI=1S/C13H14N2OS/c1-11(16)17-9-5-3-6-12-10-14-13-7-2-4-8-15(12)13/h2-4,6-8,10H,5,9H2,1H3. The number of hydrogen-bond acceptors (Lipinski definition) is 3. The van der Waals surface area contributed by atoms with Crippen LogP contribution in [0.15, 0.2) is 36.7 Å². The first-order valence-electron chi connectivity index (χ1n) is 5.49. The van der Waals surface area contributed by atoms with E-state index in [-0.39, 0.29) is 5.12 Å². The van der Waals surface area contributed by atoms with Crippen LogP contribution in [-0.4, -0.2) is 20.3 Å². The van der Waals surface area contributed by atoms with Crippen LogP contribution in [0.1, 0.15) is 19.0 Å². The fraction of sp³-hybridized carbons (Fsp3) is 0.231. The lowest BCUT2D eigenvalue weighted by atomic mass is 10.3. The number of pyridine rings is 1. The summed E-state index contributed by atoms with van der Waals surface area (Å²) in [5, 5.41) is 0.174. The maximum absolute atomic E-state index is 10.7. The second-order valence-corrected chi connectivity index (χ2v) is 4.91. The Bertz CT molecular complexity index is 545. The lowest BCUT2D eigenvalue weighted by molar-refractivity contribution is -0.109. The number of allylic oxidation sites excluding steroid dienone is 1. The van der Waals surface area contributed by atoms with Gasteiger partial charge in [0.25, 0.3) is 0 Å². The molecule has 0 atom stereocenters. The van der Waals surface area contributed by atoms with Gasteiger partial charge in [-0.2, -0.15) is 0 Å². The van der Waals surface area contributed by atoms with Crippen molar-refractivity contribution < 1.29 is 4.79 Å². The normalized spacial score (nSPS) is 11.4. The molecule has 2 rings (SSSR count). The topological polar surface area (TPSA) is 34.4 Å². The van der Waals surface area contributed by atoms with E-state index >= 15 is 0 Å². The van der Waals surface area contributed by atoms with Crippen molar-refractivity contribution in [2.75, 3.05) is 5.75 Å². The number of carbonyl (C=O) groups excluding carboxylic acids is 1. The number of carbonyl (C=O) groups is 1. The summed E-state index contributed by atoms with van der Waals surface area (Å²) in [6, 6.07) is 5.93. The summed E-state index contributed by atoms with van der Waals surface area (Å²) in [5.41, 5.74) is 2.01. The molecule has 0 bridgehead atoms. The van der Waals surface area contributed by atoms with Crippen LogP contribution in [0, 0.1) is 0 Å². The zero-order valence-corrected chi connectivity index (χ0v) is 10.5. The molecule has 88 valence electrons. The smallest absolute Gasteiger partial charge is 0.185 e. The highest BCUT2D eigenvalue weighted by Gasteiger charge is 1.97. The van der Waals surface area contributed by atoms with E-state index in [0.29, 0.717) is 0 Å². The van der Waals surface area contributed by atoms with Crippen LogP contribution in [0.5, 0.6) is 0 Å². The monoisotopic (exact) mass is 246 g/mol. The Morgan fingerprint density at radius 3 is 3.24 bits per heavy atom. The minimum absolute atomic E-state index is 0.174. The van der Waals surface area contributed by atoms with Crippen molar-refractivity contribution >= 4 is 28.6 Å². The van der Waals surface area contributed by atoms with Gasteiger partial charge < -0.3 is 4.40 Å². The molecule has 2 aromatic heterocycles. The number of fused-ring (bicyclic) bond motifs is 1. The predicted molar refractivity (Wildman–Crippen MR) is 72.0 cm³/mol. The largest absolute Gasteiger partial charge is 0.300 e. The summed E-state index contributed by atoms with van der Waals surface area (Å²) in [6.07, 6.45) is 8.85. The molecule has 2 heterocycles. The van der Waals surface area contributed by atoms with Crippen LogP contribution in [0.25, 0.3) is 11.7 Å². The molecular weight excluding hydrogens is 232 g/mol. The molecule has 0 fully saturated rings. The lowest BCUT2D eigenvalue weighted by Crippen LogP contribution is -1.86. The van der Waals surface area contributed by atoms with Crippen molar-refractivity contribution in [1.29, 1.82) is 0 Å². The first-order chi connectivity index (χ1) is 8.27. The third-order valence-corrected chi connectivity index (χ3v) is 3.17. The molecule has 0 amide bonds. The number of rotatable bonds is 4. The molecule has 0 saturated carbocycles. The van der Waals surface area contributed by atoms with Gasteiger partial charge >= 0.3 is 0 Å². The van der Waals surface area contributed by atoms with Crippen LogP contribution in [0.4, 0.5) is 0 Å². The Morgan fingerprint density at radius 2 is 2.41 bits per heavy atom. The molecule has 3 nitrogen and oxygen atoms in total. The third kappa shape index (κ3) is 3.20. The van der Waals surface area contributed by atoms with Gasteiger partial charge in [-0.15, -0.1) is 0 Å². The Balaban J connectivity index is 1.98. The summed E-state index contributed by atoms with van der Waals surface area (Å²) >= 11 is 1.36. The van der Waals surface area contributed by atoms with Crippen molar-refractivity contribution in [3.63, 3.8) is 0 Å². The Labute approximate surface area is 105 Å². The van der Waals surface area contributed by atoms with Gasteiger partial charge in [-0.1, -0.05) is 23.9 Å². The molecule has 0 aromatic carbocycles. The summed E-state index contributed by atoms with van der Waals surface area (Å²) < 4.78 is 2.04. The first-order valence-corrected chi connectivity index (χ1v) is 6.48. The first kappa shape index (κ1) is 11.9. The molecule has 4 heteroatoms. The van der Waals surface area contributed by atoms with E-state index < -0.39 is 0 Å². The molecule has 0 N–H and O–H groups in total. The van der Waals surface area contributed by atoms with E-state index in [4.69, 9.17) is 0 Å². The van der Waals surface area contributed by atoms with Crippen LogP contribution < -0.4 is 0 Å². The van der Waals surface area contributed by atoms with Crippen molar-refractivity contribution in [2.24, 2.45) is 0 Å². The summed E-state index contributed by atoms with van der Waals surface area (Å²) in [5.74, 6) is 0.836. The highest BCUT2D eigenvalue weighted by atomic mass is 32.2. The Morgan fingerprint density at radius 1 is 1.53 bits per heavy atom. The van der Waals surface area contributed by atoms with Gasteiger partial charge in [-0.05, 0) is 24.6 Å². The highest BCUT2D eigenvalue weighted by Crippen LogP contribution is 2.09. The zero-order valence-electron chi connectivity index (χ0n) is 9.67. The molecular formula is C13H14N2OS. The summed E-state index contributed by atoms with van der Waals surface area (Å²) in [6.45, 7) is 1.60. The fourth-order valence-electron chi connectivity index (χ4n) is 1.55. The van der Waals surface area contributed by atoms with Gasteiger partial charge in [0.05, 0.1) is 11.9 Å².